The van der Waals surface area contributed by atoms with Crippen LogP contribution >= 0.6 is 0 Å². The van der Waals surface area contributed by atoms with Crippen molar-refractivity contribution in [3.05, 3.63) is 97.2 Å². The number of allylic oxidation sites excluding steroid dienone is 8. The Morgan fingerprint density at radius 1 is 0.250 bits per heavy atom. The Kier molecular flexibility index (Phi) is 48.5. The fourth-order valence-corrected chi connectivity index (χ4v) is 24.0. The predicted octanol–water partition coefficient (Wildman–Crippen LogP) is 36.3. The van der Waals surface area contributed by atoms with Crippen molar-refractivity contribution in [1.29, 1.82) is 0 Å². The minimum Gasteiger partial charge on any atom is -0.100 e. The van der Waals surface area contributed by atoms with Gasteiger partial charge in [-0.2, -0.15) is 0 Å². The van der Waals surface area contributed by atoms with Crippen molar-refractivity contribution >= 4 is 0 Å². The molecule has 0 spiro atoms. The predicted molar refractivity (Wildman–Crippen MR) is 496 cm³/mol. The largest absolute Gasteiger partial charge is 0.100 e. The van der Waals surface area contributed by atoms with Crippen LogP contribution in [0.3, 0.4) is 0 Å². The maximum atomic E-state index is 4.45. The lowest BCUT2D eigenvalue weighted by atomic mass is 9.61. The first-order valence-corrected chi connectivity index (χ1v) is 47.1. The van der Waals surface area contributed by atoms with Crippen molar-refractivity contribution in [3.8, 4) is 0 Å². The molecular weight excluding hydrogens is 1300 g/mol. The highest BCUT2D eigenvalue weighted by molar-refractivity contribution is 5.08. The summed E-state index contributed by atoms with van der Waals surface area (Å²) >= 11 is 0. The van der Waals surface area contributed by atoms with Crippen LogP contribution in [0.5, 0.6) is 0 Å². The lowest BCUT2D eigenvalue weighted by Gasteiger charge is -2.45. The molecule has 0 aliphatic heterocycles. The molecule has 108 heavy (non-hydrogen) atoms. The van der Waals surface area contributed by atoms with Gasteiger partial charge in [-0.25, -0.2) is 0 Å². The van der Waals surface area contributed by atoms with Crippen LogP contribution in [0, 0.1) is 164 Å². The molecule has 20 unspecified atom stereocenters. The quantitative estimate of drug-likeness (QED) is 0.0534. The molecule has 0 heteroatoms. The number of hydrogen-bond acceptors (Lipinski definition) is 0. The SMILES string of the molecule is C=C(C)CC(C)(C)CC(=C)CCC1CC(C[C@@H](C)CCC)C(C)C(C)C1C.C=C(C)CC(C)(C)CC(=C)CCC1CC(C[C@@H](C)CCC)C(C)C(C)C1C.C=C(C)CC(C)(C)CC(=C)CCC1CC(C[C@H](C)CCC)C(C)C(C)C1C.C=C(C)CC(C)(C)CC(=C)CCC1CC(C[C@H](C)CCC)C(C)C(C)C1C. The summed E-state index contributed by atoms with van der Waals surface area (Å²) in [4.78, 5) is 0. The van der Waals surface area contributed by atoms with Crippen molar-refractivity contribution in [2.24, 2.45) is 164 Å². The van der Waals surface area contributed by atoms with Crippen molar-refractivity contribution in [2.45, 2.75) is 427 Å². The molecule has 0 radical (unpaired) electrons. The third kappa shape index (κ3) is 40.0. The lowest BCUT2D eigenvalue weighted by Crippen LogP contribution is -2.37. The van der Waals surface area contributed by atoms with Crippen molar-refractivity contribution in [2.75, 3.05) is 0 Å². The van der Waals surface area contributed by atoms with E-state index in [1.165, 1.54) is 199 Å². The molecule has 0 aromatic carbocycles. The Labute approximate surface area is 683 Å². The van der Waals surface area contributed by atoms with Gasteiger partial charge in [0.1, 0.15) is 0 Å². The van der Waals surface area contributed by atoms with Crippen LogP contribution in [0.25, 0.3) is 0 Å². The summed E-state index contributed by atoms with van der Waals surface area (Å²) in [5.74, 6) is 21.2. The van der Waals surface area contributed by atoms with Gasteiger partial charge in [-0.05, 0) is 345 Å². The zero-order chi connectivity index (χ0) is 83.1. The van der Waals surface area contributed by atoms with Gasteiger partial charge in [0.05, 0.1) is 0 Å². The fourth-order valence-electron chi connectivity index (χ4n) is 24.0. The second-order valence-corrected chi connectivity index (χ2v) is 44.9. The van der Waals surface area contributed by atoms with E-state index in [9.17, 15) is 0 Å². The molecule has 4 rings (SSSR count). The summed E-state index contributed by atoms with van der Waals surface area (Å²) in [6, 6.07) is 0. The van der Waals surface area contributed by atoms with Gasteiger partial charge in [0.15, 0.2) is 0 Å². The van der Waals surface area contributed by atoms with Crippen molar-refractivity contribution in [1.82, 2.24) is 0 Å². The van der Waals surface area contributed by atoms with Gasteiger partial charge in [-0.15, -0.1) is 26.3 Å². The van der Waals surface area contributed by atoms with Gasteiger partial charge in [0.2, 0.25) is 0 Å². The zero-order valence-electron chi connectivity index (χ0n) is 80.1. The van der Waals surface area contributed by atoms with E-state index in [1.54, 1.807) is 0 Å². The molecule has 4 saturated carbocycles. The molecule has 0 nitrogen and oxygen atoms in total. The molecule has 4 fully saturated rings. The molecular formula is C108H200. The molecule has 632 valence electrons. The average Bonchev–Trinajstić information content (AvgIpc) is 0.828. The van der Waals surface area contributed by atoms with E-state index >= 15 is 0 Å². The van der Waals surface area contributed by atoms with Gasteiger partial charge in [-0.3, -0.25) is 0 Å². The average molecular weight is 1500 g/mol. The third-order valence-electron chi connectivity index (χ3n) is 30.5. The van der Waals surface area contributed by atoms with Crippen molar-refractivity contribution in [3.63, 3.8) is 0 Å². The van der Waals surface area contributed by atoms with Crippen LogP contribution in [0.2, 0.25) is 0 Å². The molecule has 24 atom stereocenters. The Hall–Kier alpha value is -2.08. The Bertz CT molecular complexity index is 2230. The highest BCUT2D eigenvalue weighted by Crippen LogP contribution is 2.52. The lowest BCUT2D eigenvalue weighted by molar-refractivity contribution is 0.0494. The van der Waals surface area contributed by atoms with Crippen LogP contribution in [-0.2, 0) is 0 Å². The molecule has 4 aliphatic rings. The summed E-state index contributed by atoms with van der Waals surface area (Å²) < 4.78 is 0. The van der Waals surface area contributed by atoms with Crippen LogP contribution in [0.4, 0.5) is 0 Å². The van der Waals surface area contributed by atoms with Crippen LogP contribution in [0.15, 0.2) is 97.2 Å². The van der Waals surface area contributed by atoms with E-state index in [4.69, 9.17) is 0 Å². The molecule has 0 amide bonds. The van der Waals surface area contributed by atoms with Gasteiger partial charge in [-0.1, -0.05) is 316 Å². The summed E-state index contributed by atoms with van der Waals surface area (Å²) in [7, 11) is 0. The third-order valence-corrected chi connectivity index (χ3v) is 30.5. The van der Waals surface area contributed by atoms with E-state index in [1.807, 2.05) is 0 Å². The van der Waals surface area contributed by atoms with E-state index < -0.39 is 0 Å². The van der Waals surface area contributed by atoms with E-state index in [0.29, 0.717) is 21.7 Å². The van der Waals surface area contributed by atoms with Gasteiger partial charge >= 0.3 is 0 Å². The number of rotatable bonds is 44. The molecule has 0 N–H and O–H groups in total. The minimum atomic E-state index is 0.307. The maximum absolute atomic E-state index is 4.45. The molecule has 0 heterocycles. The van der Waals surface area contributed by atoms with Gasteiger partial charge in [0.25, 0.3) is 0 Å². The monoisotopic (exact) mass is 1500 g/mol. The van der Waals surface area contributed by atoms with E-state index in [-0.39, 0.29) is 0 Å². The first kappa shape index (κ1) is 104. The summed E-state index contributed by atoms with van der Waals surface area (Å²) in [5.41, 5.74) is 12.2. The summed E-state index contributed by atoms with van der Waals surface area (Å²) in [5, 5.41) is 0. The summed E-state index contributed by atoms with van der Waals surface area (Å²) in [6.45, 7) is 111. The minimum absolute atomic E-state index is 0.307. The van der Waals surface area contributed by atoms with Crippen LogP contribution < -0.4 is 0 Å². The highest BCUT2D eigenvalue weighted by atomic mass is 14.5. The molecule has 4 aliphatic carbocycles. The molecule has 0 aromatic heterocycles. The summed E-state index contributed by atoms with van der Waals surface area (Å²) in [6.07, 6.45) is 41.7. The smallest absolute Gasteiger partial charge is 0.0268 e. The highest BCUT2D eigenvalue weighted by Gasteiger charge is 2.43. The second-order valence-electron chi connectivity index (χ2n) is 44.9. The van der Waals surface area contributed by atoms with Crippen molar-refractivity contribution < 1.29 is 0 Å². The Morgan fingerprint density at radius 3 is 0.537 bits per heavy atom. The van der Waals surface area contributed by atoms with E-state index in [0.717, 1.165) is 193 Å². The first-order valence-electron chi connectivity index (χ1n) is 47.1. The standard InChI is InChI=1S/4C27H50/c4*1-11-12-20(4)15-26-16-25(23(7)22(6)24(26)8)14-13-21(5)18-27(9,10)17-19(2)3/h4*20,22-26H,2,5,11-18H2,1,3-4,6-10H3/t4*20-,22?,23?,24?,25?,26?/m1100/s1. The van der Waals surface area contributed by atoms with Crippen LogP contribution in [0.1, 0.15) is 427 Å². The molecule has 0 bridgehead atoms. The number of hydrogen-bond donors (Lipinski definition) is 0. The molecule has 0 aromatic rings. The van der Waals surface area contributed by atoms with Crippen LogP contribution in [-0.4, -0.2) is 0 Å². The Balaban J connectivity index is 0.000000720. The van der Waals surface area contributed by atoms with Gasteiger partial charge in [0, 0.05) is 0 Å². The second kappa shape index (κ2) is 50.4. The maximum Gasteiger partial charge on any atom is -0.0268 e. The van der Waals surface area contributed by atoms with Gasteiger partial charge < -0.3 is 0 Å². The van der Waals surface area contributed by atoms with E-state index in [2.05, 4.69) is 274 Å². The zero-order valence-corrected chi connectivity index (χ0v) is 80.1. The Morgan fingerprint density at radius 2 is 0.398 bits per heavy atom. The first-order chi connectivity index (χ1) is 49.9. The topological polar surface area (TPSA) is 0 Å². The fraction of sp³-hybridized carbons (Fsp3) is 0.852. The normalized spacial score (nSPS) is 30.1. The molecule has 0 saturated heterocycles.